The van der Waals surface area contributed by atoms with E-state index in [1.165, 1.54) is 12.1 Å². The zero-order valence-corrected chi connectivity index (χ0v) is 14.7. The van der Waals surface area contributed by atoms with Crippen LogP contribution in [0.1, 0.15) is 53.7 Å². The van der Waals surface area contributed by atoms with Gasteiger partial charge in [0.1, 0.15) is 0 Å². The number of carbonyl (C=O) groups excluding carboxylic acids is 4. The molecular weight excluding hydrogens is 340 g/mol. The molecule has 1 aromatic rings. The standard InChI is InChI=1S/C17H24N4O5/c1-11(21-9-3-2-4-15(21)23)10-14(22)19-7-8-20-17(25)13-6-5-12(26-13)16(18)24/h5-6,11H,2-4,7-10H2,1H3,(H2,18,24)(H,19,22)(H,20,25). The molecule has 9 nitrogen and oxygen atoms in total. The number of nitrogens with one attached hydrogen (secondary N) is 2. The first kappa shape index (κ1) is 19.5. The predicted octanol–water partition coefficient (Wildman–Crippen LogP) is 0.0156. The lowest BCUT2D eigenvalue weighted by Gasteiger charge is -2.32. The molecule has 1 aliphatic rings. The van der Waals surface area contributed by atoms with Crippen molar-refractivity contribution in [2.75, 3.05) is 19.6 Å². The van der Waals surface area contributed by atoms with Crippen LogP contribution in [0.15, 0.2) is 16.5 Å². The molecule has 0 spiro atoms. The fourth-order valence-corrected chi connectivity index (χ4v) is 2.80. The van der Waals surface area contributed by atoms with E-state index in [0.29, 0.717) is 13.0 Å². The van der Waals surface area contributed by atoms with Gasteiger partial charge in [-0.15, -0.1) is 0 Å². The maximum Gasteiger partial charge on any atom is 0.287 e. The van der Waals surface area contributed by atoms with Crippen LogP contribution in [0.2, 0.25) is 0 Å². The van der Waals surface area contributed by atoms with Gasteiger partial charge in [0.25, 0.3) is 11.8 Å². The zero-order valence-electron chi connectivity index (χ0n) is 14.7. The highest BCUT2D eigenvalue weighted by molar-refractivity contribution is 5.95. The molecule has 2 heterocycles. The molecule has 1 aliphatic heterocycles. The predicted molar refractivity (Wildman–Crippen MR) is 92.2 cm³/mol. The molecule has 26 heavy (non-hydrogen) atoms. The molecule has 0 aromatic carbocycles. The summed E-state index contributed by atoms with van der Waals surface area (Å²) in [6, 6.07) is 2.53. The number of amides is 4. The third-order valence-electron chi connectivity index (χ3n) is 4.18. The van der Waals surface area contributed by atoms with Crippen LogP contribution in [-0.2, 0) is 9.59 Å². The SMILES string of the molecule is CC(CC(=O)NCCNC(=O)c1ccc(C(N)=O)o1)N1CCCCC1=O. The Morgan fingerprint density at radius 1 is 1.19 bits per heavy atom. The number of piperidine rings is 1. The summed E-state index contributed by atoms with van der Waals surface area (Å²) in [5, 5.41) is 5.27. The summed E-state index contributed by atoms with van der Waals surface area (Å²) in [5.41, 5.74) is 5.05. The Kier molecular flexibility index (Phi) is 6.76. The average Bonchev–Trinajstić information content (AvgIpc) is 3.09. The van der Waals surface area contributed by atoms with E-state index < -0.39 is 11.8 Å². The molecule has 1 aromatic heterocycles. The van der Waals surface area contributed by atoms with Crippen LogP contribution in [-0.4, -0.2) is 54.2 Å². The third-order valence-corrected chi connectivity index (χ3v) is 4.18. The minimum absolute atomic E-state index is 0.0256. The summed E-state index contributed by atoms with van der Waals surface area (Å²) in [6.07, 6.45) is 2.64. The normalized spacial score (nSPS) is 15.4. The van der Waals surface area contributed by atoms with Gasteiger partial charge in [0.05, 0.1) is 0 Å². The number of carbonyl (C=O) groups is 4. The monoisotopic (exact) mass is 364 g/mol. The maximum absolute atomic E-state index is 12.0. The second kappa shape index (κ2) is 9.02. The van der Waals surface area contributed by atoms with E-state index in [0.717, 1.165) is 12.8 Å². The Morgan fingerprint density at radius 3 is 2.54 bits per heavy atom. The van der Waals surface area contributed by atoms with E-state index >= 15 is 0 Å². The smallest absolute Gasteiger partial charge is 0.287 e. The molecule has 0 aliphatic carbocycles. The van der Waals surface area contributed by atoms with Gasteiger partial charge in [0.15, 0.2) is 11.5 Å². The number of hydrogen-bond acceptors (Lipinski definition) is 5. The summed E-state index contributed by atoms with van der Waals surface area (Å²) in [5.74, 6) is -1.46. The molecule has 1 atom stereocenters. The quantitative estimate of drug-likeness (QED) is 0.559. The van der Waals surface area contributed by atoms with Crippen LogP contribution in [0.25, 0.3) is 0 Å². The highest BCUT2D eigenvalue weighted by atomic mass is 16.4. The van der Waals surface area contributed by atoms with Crippen molar-refractivity contribution in [2.45, 2.75) is 38.6 Å². The van der Waals surface area contributed by atoms with Crippen molar-refractivity contribution in [1.29, 1.82) is 0 Å². The van der Waals surface area contributed by atoms with Crippen LogP contribution < -0.4 is 16.4 Å². The summed E-state index contributed by atoms with van der Waals surface area (Å²) >= 11 is 0. The molecule has 0 saturated carbocycles. The Morgan fingerprint density at radius 2 is 1.88 bits per heavy atom. The van der Waals surface area contributed by atoms with Gasteiger partial charge < -0.3 is 25.7 Å². The Hall–Kier alpha value is -2.84. The minimum Gasteiger partial charge on any atom is -0.446 e. The van der Waals surface area contributed by atoms with Gasteiger partial charge in [0, 0.05) is 38.5 Å². The molecule has 142 valence electrons. The third kappa shape index (κ3) is 5.33. The topological polar surface area (TPSA) is 135 Å². The van der Waals surface area contributed by atoms with Crippen molar-refractivity contribution in [2.24, 2.45) is 5.73 Å². The molecule has 1 unspecified atom stereocenters. The molecular formula is C17H24N4O5. The van der Waals surface area contributed by atoms with Gasteiger partial charge in [-0.1, -0.05) is 0 Å². The van der Waals surface area contributed by atoms with E-state index in [-0.39, 0.29) is 48.9 Å². The first-order valence-corrected chi connectivity index (χ1v) is 8.62. The number of furan rings is 1. The lowest BCUT2D eigenvalue weighted by Crippen LogP contribution is -2.44. The van der Waals surface area contributed by atoms with E-state index in [1.807, 2.05) is 6.92 Å². The van der Waals surface area contributed by atoms with Crippen LogP contribution in [0.3, 0.4) is 0 Å². The fourth-order valence-electron chi connectivity index (χ4n) is 2.80. The van der Waals surface area contributed by atoms with Crippen molar-refractivity contribution < 1.29 is 23.6 Å². The van der Waals surface area contributed by atoms with Crippen LogP contribution in [0.4, 0.5) is 0 Å². The van der Waals surface area contributed by atoms with E-state index in [2.05, 4.69) is 10.6 Å². The first-order valence-electron chi connectivity index (χ1n) is 8.62. The minimum atomic E-state index is -0.752. The van der Waals surface area contributed by atoms with Crippen molar-refractivity contribution in [3.8, 4) is 0 Å². The van der Waals surface area contributed by atoms with Crippen LogP contribution >= 0.6 is 0 Å². The second-order valence-electron chi connectivity index (χ2n) is 6.23. The molecule has 1 fully saturated rings. The Balaban J connectivity index is 1.67. The van der Waals surface area contributed by atoms with Gasteiger partial charge in [-0.2, -0.15) is 0 Å². The number of nitrogens with zero attached hydrogens (tertiary/aromatic N) is 1. The summed E-state index contributed by atoms with van der Waals surface area (Å²) in [7, 11) is 0. The highest BCUT2D eigenvalue weighted by Crippen LogP contribution is 2.15. The highest BCUT2D eigenvalue weighted by Gasteiger charge is 2.24. The van der Waals surface area contributed by atoms with Gasteiger partial charge in [0.2, 0.25) is 11.8 Å². The van der Waals surface area contributed by atoms with E-state index in [9.17, 15) is 19.2 Å². The van der Waals surface area contributed by atoms with E-state index in [1.54, 1.807) is 4.90 Å². The number of nitrogens with two attached hydrogens (primary N) is 1. The van der Waals surface area contributed by atoms with Crippen molar-refractivity contribution in [3.63, 3.8) is 0 Å². The molecule has 2 rings (SSSR count). The largest absolute Gasteiger partial charge is 0.446 e. The van der Waals surface area contributed by atoms with Crippen LogP contribution in [0, 0.1) is 0 Å². The Labute approximate surface area is 151 Å². The number of likely N-dealkylation sites (tertiary alicyclic amines) is 1. The molecule has 9 heteroatoms. The molecule has 4 amide bonds. The number of primary amides is 1. The van der Waals surface area contributed by atoms with Gasteiger partial charge in [-0.3, -0.25) is 19.2 Å². The van der Waals surface area contributed by atoms with Crippen molar-refractivity contribution in [3.05, 3.63) is 23.7 Å². The lowest BCUT2D eigenvalue weighted by atomic mass is 10.1. The molecule has 0 bridgehead atoms. The molecule has 4 N–H and O–H groups in total. The van der Waals surface area contributed by atoms with Gasteiger partial charge in [-0.05, 0) is 31.9 Å². The second-order valence-corrected chi connectivity index (χ2v) is 6.23. The fraction of sp³-hybridized carbons (Fsp3) is 0.529. The zero-order chi connectivity index (χ0) is 19.1. The number of hydrogen-bond donors (Lipinski definition) is 3. The van der Waals surface area contributed by atoms with Gasteiger partial charge >= 0.3 is 0 Å². The summed E-state index contributed by atoms with van der Waals surface area (Å²) in [4.78, 5) is 48.3. The molecule has 0 radical (unpaired) electrons. The summed E-state index contributed by atoms with van der Waals surface area (Å²) < 4.78 is 5.00. The van der Waals surface area contributed by atoms with Crippen molar-refractivity contribution in [1.82, 2.24) is 15.5 Å². The molecule has 1 saturated heterocycles. The maximum atomic E-state index is 12.0. The first-order chi connectivity index (χ1) is 12.4. The van der Waals surface area contributed by atoms with E-state index in [4.69, 9.17) is 10.2 Å². The summed E-state index contributed by atoms with van der Waals surface area (Å²) in [6.45, 7) is 3.00. The van der Waals surface area contributed by atoms with Crippen LogP contribution in [0.5, 0.6) is 0 Å². The number of rotatable bonds is 8. The van der Waals surface area contributed by atoms with Gasteiger partial charge in [-0.25, -0.2) is 0 Å². The lowest BCUT2D eigenvalue weighted by molar-refractivity contribution is -0.136. The Bertz CT molecular complexity index is 684. The van der Waals surface area contributed by atoms with Crippen molar-refractivity contribution >= 4 is 23.6 Å². The average molecular weight is 364 g/mol.